The van der Waals surface area contributed by atoms with Crippen LogP contribution >= 0.6 is 0 Å². The fourth-order valence-corrected chi connectivity index (χ4v) is 14.1. The van der Waals surface area contributed by atoms with Gasteiger partial charge in [-0.15, -0.1) is 0 Å². The molecule has 2 heteroatoms. The van der Waals surface area contributed by atoms with Gasteiger partial charge in [0.2, 0.25) is 0 Å². The highest BCUT2D eigenvalue weighted by Crippen LogP contribution is 2.46. The van der Waals surface area contributed by atoms with Crippen LogP contribution < -0.4 is 0 Å². The van der Waals surface area contributed by atoms with Gasteiger partial charge in [-0.1, -0.05) is 458 Å². The molecular weight excluding hydrogens is 993 g/mol. The molecule has 0 fully saturated rings. The van der Waals surface area contributed by atoms with Crippen molar-refractivity contribution in [2.24, 2.45) is 11.3 Å². The lowest BCUT2D eigenvalue weighted by Crippen LogP contribution is -2.41. The van der Waals surface area contributed by atoms with Gasteiger partial charge in [0.25, 0.3) is 0 Å². The summed E-state index contributed by atoms with van der Waals surface area (Å²) in [6.45, 7) is 12.3. The molecule has 0 N–H and O–H groups in total. The van der Waals surface area contributed by atoms with E-state index in [0.29, 0.717) is 12.5 Å². The van der Waals surface area contributed by atoms with Crippen molar-refractivity contribution in [1.29, 1.82) is 0 Å². The molecule has 0 radical (unpaired) electrons. The molecule has 82 heavy (non-hydrogen) atoms. The fourth-order valence-electron chi connectivity index (χ4n) is 14.1. The minimum atomic E-state index is -0.290. The maximum Gasteiger partial charge on any atom is 0.312 e. The van der Waals surface area contributed by atoms with Crippen LogP contribution in [0, 0.1) is 11.3 Å². The zero-order valence-electron chi connectivity index (χ0n) is 58.3. The van der Waals surface area contributed by atoms with Crippen LogP contribution in [-0.2, 0) is 9.53 Å². The molecule has 0 amide bonds. The average molecular weight is 1150 g/mol. The van der Waals surface area contributed by atoms with Gasteiger partial charge in [-0.3, -0.25) is 4.79 Å². The Bertz CT molecular complexity index is 1150. The quantitative estimate of drug-likeness (QED) is 0.0448. The Kier molecular flexibility index (Phi) is 70.8. The van der Waals surface area contributed by atoms with Crippen molar-refractivity contribution < 1.29 is 9.53 Å². The molecule has 0 aromatic carbocycles. The molecular formula is C80H160O2. The second-order valence-electron chi connectivity index (χ2n) is 28.0. The lowest BCUT2D eigenvalue weighted by molar-refractivity contribution is -0.162. The maximum absolute atomic E-state index is 15.3. The van der Waals surface area contributed by atoms with Crippen molar-refractivity contribution in [3.05, 3.63) is 0 Å². The van der Waals surface area contributed by atoms with Gasteiger partial charge in [0.05, 0.1) is 12.0 Å². The fraction of sp³-hybridized carbons (Fsp3) is 0.988. The summed E-state index contributed by atoms with van der Waals surface area (Å²) >= 11 is 0. The van der Waals surface area contributed by atoms with Gasteiger partial charge in [0, 0.05) is 0 Å². The SMILES string of the molecule is CCCCCCCCCCCCCCCCCCCCOC(=O)C(CCCCCCCCCCCCCCCC)(CCCCCCCCCCCCCCCCCC)C(CCCCCCCCC)CCCCCCCCCCCCCC. The monoisotopic (exact) mass is 1150 g/mol. The Morgan fingerprint density at radius 2 is 0.378 bits per heavy atom. The third kappa shape index (κ3) is 58.5. The summed E-state index contributed by atoms with van der Waals surface area (Å²) in [5, 5.41) is 0. The normalized spacial score (nSPS) is 12.9. The number of carbonyl (C=O) groups is 1. The van der Waals surface area contributed by atoms with Gasteiger partial charge >= 0.3 is 5.97 Å². The summed E-state index contributed by atoms with van der Waals surface area (Å²) < 4.78 is 6.71. The van der Waals surface area contributed by atoms with Crippen molar-refractivity contribution in [1.82, 2.24) is 0 Å². The first-order valence-electron chi connectivity index (χ1n) is 39.8. The standard InChI is InChI=1S/C80H160O2/c1-6-11-16-21-26-30-34-38-41-43-44-46-49-53-57-62-67-72-77-82-79(81)80(75-70-65-60-55-51-47-40-36-32-28-23-18-13-8-3,76-71-66-61-56-52-48-45-42-39-35-31-27-22-17-12-7-2)78(73-68-63-58-25-20-15-10-5)74-69-64-59-54-50-37-33-29-24-19-14-9-4/h78H,6-77H2,1-5H3. The van der Waals surface area contributed by atoms with Crippen LogP contribution in [0.3, 0.4) is 0 Å². The van der Waals surface area contributed by atoms with E-state index < -0.39 is 0 Å². The van der Waals surface area contributed by atoms with Crippen molar-refractivity contribution in [2.45, 2.75) is 490 Å². The molecule has 0 aliphatic rings. The lowest BCUT2D eigenvalue weighted by Gasteiger charge is -2.40. The average Bonchev–Trinajstić information content (AvgIpc) is 3.49. The van der Waals surface area contributed by atoms with E-state index in [0.717, 1.165) is 19.3 Å². The topological polar surface area (TPSA) is 26.3 Å². The first-order chi connectivity index (χ1) is 40.6. The van der Waals surface area contributed by atoms with Crippen molar-refractivity contribution in [3.8, 4) is 0 Å². The highest BCUT2D eigenvalue weighted by atomic mass is 16.5. The molecule has 2 nitrogen and oxygen atoms in total. The molecule has 0 aliphatic heterocycles. The predicted octanol–water partition coefficient (Wildman–Crippen LogP) is 29.9. The van der Waals surface area contributed by atoms with Crippen LogP contribution in [0.4, 0.5) is 0 Å². The van der Waals surface area contributed by atoms with Crippen LogP contribution in [-0.4, -0.2) is 12.6 Å². The molecule has 0 heterocycles. The third-order valence-electron chi connectivity index (χ3n) is 19.9. The highest BCUT2D eigenvalue weighted by molar-refractivity contribution is 5.77. The largest absolute Gasteiger partial charge is 0.465 e. The van der Waals surface area contributed by atoms with Crippen molar-refractivity contribution in [3.63, 3.8) is 0 Å². The van der Waals surface area contributed by atoms with Crippen LogP contribution in [0.15, 0.2) is 0 Å². The molecule has 0 aliphatic carbocycles. The molecule has 2 unspecified atom stereocenters. The molecule has 0 saturated carbocycles. The van der Waals surface area contributed by atoms with Crippen LogP contribution in [0.25, 0.3) is 0 Å². The summed E-state index contributed by atoms with van der Waals surface area (Å²) in [6, 6.07) is 0. The molecule has 492 valence electrons. The first kappa shape index (κ1) is 81.5. The first-order valence-corrected chi connectivity index (χ1v) is 39.8. The Morgan fingerprint density at radius 1 is 0.220 bits per heavy atom. The lowest BCUT2D eigenvalue weighted by atomic mass is 9.65. The van der Waals surface area contributed by atoms with Gasteiger partial charge in [0.1, 0.15) is 0 Å². The number of unbranched alkanes of at least 4 members (excludes halogenated alkanes) is 62. The van der Waals surface area contributed by atoms with E-state index in [1.807, 2.05) is 0 Å². The summed E-state index contributed by atoms with van der Waals surface area (Å²) in [5.41, 5.74) is -0.290. The Labute approximate surface area is 521 Å². The molecule has 0 saturated heterocycles. The smallest absolute Gasteiger partial charge is 0.312 e. The summed E-state index contributed by atoms with van der Waals surface area (Å²) in [6.07, 6.45) is 97.9. The van der Waals surface area contributed by atoms with E-state index in [1.165, 1.54) is 437 Å². The second-order valence-corrected chi connectivity index (χ2v) is 28.0. The number of rotatable bonds is 74. The van der Waals surface area contributed by atoms with E-state index in [-0.39, 0.29) is 11.4 Å². The summed E-state index contributed by atoms with van der Waals surface area (Å²) in [7, 11) is 0. The number of ether oxygens (including phenoxy) is 1. The number of hydrogen-bond acceptors (Lipinski definition) is 2. The molecule has 0 aromatic rings. The molecule has 2 atom stereocenters. The Morgan fingerprint density at radius 3 is 0.573 bits per heavy atom. The van der Waals surface area contributed by atoms with Gasteiger partial charge in [-0.25, -0.2) is 0 Å². The maximum atomic E-state index is 15.3. The number of carbonyl (C=O) groups excluding carboxylic acids is 1. The van der Waals surface area contributed by atoms with Crippen molar-refractivity contribution in [2.75, 3.05) is 6.61 Å². The van der Waals surface area contributed by atoms with Crippen LogP contribution in [0.2, 0.25) is 0 Å². The van der Waals surface area contributed by atoms with E-state index >= 15 is 4.79 Å². The summed E-state index contributed by atoms with van der Waals surface area (Å²) in [4.78, 5) is 15.3. The molecule has 0 aromatic heterocycles. The molecule has 0 rings (SSSR count). The predicted molar refractivity (Wildman–Crippen MR) is 373 cm³/mol. The highest BCUT2D eigenvalue weighted by Gasteiger charge is 2.45. The number of esters is 1. The second kappa shape index (κ2) is 71.2. The van der Waals surface area contributed by atoms with E-state index in [2.05, 4.69) is 34.6 Å². The van der Waals surface area contributed by atoms with Crippen LogP contribution in [0.1, 0.15) is 490 Å². The zero-order valence-corrected chi connectivity index (χ0v) is 58.3. The molecule has 0 bridgehead atoms. The minimum Gasteiger partial charge on any atom is -0.465 e. The third-order valence-corrected chi connectivity index (χ3v) is 19.9. The zero-order chi connectivity index (χ0) is 59.3. The molecule has 0 spiro atoms. The Balaban J connectivity index is 5.78. The summed E-state index contributed by atoms with van der Waals surface area (Å²) in [5.74, 6) is 0.736. The van der Waals surface area contributed by atoms with Gasteiger partial charge in [0.15, 0.2) is 0 Å². The minimum absolute atomic E-state index is 0.252. The van der Waals surface area contributed by atoms with Crippen LogP contribution in [0.5, 0.6) is 0 Å². The van der Waals surface area contributed by atoms with E-state index in [1.54, 1.807) is 0 Å². The van der Waals surface area contributed by atoms with E-state index in [4.69, 9.17) is 4.74 Å². The van der Waals surface area contributed by atoms with Gasteiger partial charge in [-0.2, -0.15) is 0 Å². The van der Waals surface area contributed by atoms with E-state index in [9.17, 15) is 0 Å². The van der Waals surface area contributed by atoms with Crippen molar-refractivity contribution >= 4 is 5.97 Å². The van der Waals surface area contributed by atoms with Gasteiger partial charge < -0.3 is 4.74 Å². The van der Waals surface area contributed by atoms with Gasteiger partial charge in [-0.05, 0) is 38.0 Å². The Hall–Kier alpha value is -0.530. The number of hydrogen-bond donors (Lipinski definition) is 0.